The minimum atomic E-state index is 0.0584. The van der Waals surface area contributed by atoms with E-state index in [0.29, 0.717) is 17.7 Å². The van der Waals surface area contributed by atoms with Crippen LogP contribution in [-0.2, 0) is 4.79 Å². The molecule has 124 valence electrons. The van der Waals surface area contributed by atoms with Crippen LogP contribution in [0.15, 0.2) is 0 Å². The molecule has 1 saturated heterocycles. The second kappa shape index (κ2) is 9.45. The number of carbonyl (C=O) groups excluding carboxylic acids is 1. The van der Waals surface area contributed by atoms with Gasteiger partial charge in [0.1, 0.15) is 0 Å². The van der Waals surface area contributed by atoms with E-state index in [4.69, 9.17) is 0 Å². The fourth-order valence-electron chi connectivity index (χ4n) is 2.94. The van der Waals surface area contributed by atoms with Crippen molar-refractivity contribution >= 4 is 5.91 Å². The van der Waals surface area contributed by atoms with Crippen molar-refractivity contribution in [3.8, 4) is 0 Å². The predicted molar refractivity (Wildman–Crippen MR) is 90.3 cm³/mol. The first-order valence-corrected chi connectivity index (χ1v) is 8.96. The van der Waals surface area contributed by atoms with Crippen LogP contribution in [0.5, 0.6) is 0 Å². The maximum atomic E-state index is 12.8. The Balaban J connectivity index is 2.59. The largest absolute Gasteiger partial charge is 0.341 e. The Morgan fingerprint density at radius 3 is 2.19 bits per heavy atom. The highest BCUT2D eigenvalue weighted by molar-refractivity contribution is 5.82. The van der Waals surface area contributed by atoms with Crippen LogP contribution >= 0.6 is 0 Å². The van der Waals surface area contributed by atoms with E-state index in [1.807, 2.05) is 0 Å². The van der Waals surface area contributed by atoms with Crippen molar-refractivity contribution in [2.24, 2.45) is 17.8 Å². The minimum Gasteiger partial charge on any atom is -0.341 e. The third-order valence-corrected chi connectivity index (χ3v) is 4.65. The van der Waals surface area contributed by atoms with Gasteiger partial charge >= 0.3 is 0 Å². The molecule has 1 aliphatic rings. The summed E-state index contributed by atoms with van der Waals surface area (Å²) >= 11 is 0. The third-order valence-electron chi connectivity index (χ3n) is 4.65. The van der Waals surface area contributed by atoms with Gasteiger partial charge in [0, 0.05) is 13.1 Å². The standard InChI is InChI=1S/C18H36N2O/c1-6-16-7-10-19-17(13-16)18(21)20(11-8-14(2)3)12-9-15(4)5/h14-17,19H,6-13H2,1-5H3. The highest BCUT2D eigenvalue weighted by Crippen LogP contribution is 2.21. The summed E-state index contributed by atoms with van der Waals surface area (Å²) in [6.45, 7) is 14.0. The average Bonchev–Trinajstić information content (AvgIpc) is 2.46. The third kappa shape index (κ3) is 6.82. The molecule has 1 fully saturated rings. The highest BCUT2D eigenvalue weighted by atomic mass is 16.2. The lowest BCUT2D eigenvalue weighted by Gasteiger charge is -2.34. The number of piperidine rings is 1. The summed E-state index contributed by atoms with van der Waals surface area (Å²) in [5, 5.41) is 3.45. The van der Waals surface area contributed by atoms with Gasteiger partial charge in [0.05, 0.1) is 6.04 Å². The lowest BCUT2D eigenvalue weighted by Crippen LogP contribution is -2.51. The van der Waals surface area contributed by atoms with Gasteiger partial charge < -0.3 is 10.2 Å². The Hall–Kier alpha value is -0.570. The first-order valence-electron chi connectivity index (χ1n) is 8.96. The van der Waals surface area contributed by atoms with E-state index >= 15 is 0 Å². The molecule has 3 nitrogen and oxygen atoms in total. The van der Waals surface area contributed by atoms with Gasteiger partial charge in [0.2, 0.25) is 5.91 Å². The van der Waals surface area contributed by atoms with Gasteiger partial charge in [0.15, 0.2) is 0 Å². The van der Waals surface area contributed by atoms with Crippen molar-refractivity contribution in [2.75, 3.05) is 19.6 Å². The SMILES string of the molecule is CCC1CCNC(C(=O)N(CCC(C)C)CCC(C)C)C1. The summed E-state index contributed by atoms with van der Waals surface area (Å²) in [7, 11) is 0. The Morgan fingerprint density at radius 1 is 1.14 bits per heavy atom. The zero-order valence-electron chi connectivity index (χ0n) is 14.8. The van der Waals surface area contributed by atoms with Crippen LogP contribution in [0.3, 0.4) is 0 Å². The molecule has 0 bridgehead atoms. The monoisotopic (exact) mass is 296 g/mol. The van der Waals surface area contributed by atoms with Crippen molar-refractivity contribution in [1.82, 2.24) is 10.2 Å². The fraction of sp³-hybridized carbons (Fsp3) is 0.944. The molecular formula is C18H36N2O. The summed E-state index contributed by atoms with van der Waals surface area (Å²) in [4.78, 5) is 15.0. The molecule has 0 radical (unpaired) electrons. The number of rotatable bonds is 8. The molecule has 21 heavy (non-hydrogen) atoms. The number of hydrogen-bond acceptors (Lipinski definition) is 2. The van der Waals surface area contributed by atoms with Gasteiger partial charge in [-0.2, -0.15) is 0 Å². The molecule has 2 atom stereocenters. The van der Waals surface area contributed by atoms with Gasteiger partial charge in [-0.25, -0.2) is 0 Å². The lowest BCUT2D eigenvalue weighted by atomic mass is 9.89. The number of carbonyl (C=O) groups is 1. The van der Waals surface area contributed by atoms with E-state index in [0.717, 1.165) is 44.8 Å². The molecule has 0 aromatic rings. The molecule has 0 saturated carbocycles. The molecular weight excluding hydrogens is 260 g/mol. The van der Waals surface area contributed by atoms with Crippen LogP contribution in [0.1, 0.15) is 66.7 Å². The Labute approximate surface area is 131 Å². The van der Waals surface area contributed by atoms with Gasteiger partial charge in [0.25, 0.3) is 0 Å². The molecule has 1 aliphatic heterocycles. The van der Waals surface area contributed by atoms with Gasteiger partial charge in [-0.1, -0.05) is 41.0 Å². The zero-order chi connectivity index (χ0) is 15.8. The fourth-order valence-corrected chi connectivity index (χ4v) is 2.94. The molecule has 1 amide bonds. The van der Waals surface area contributed by atoms with Crippen LogP contribution in [0, 0.1) is 17.8 Å². The molecule has 1 N–H and O–H groups in total. The number of hydrogen-bond donors (Lipinski definition) is 1. The van der Waals surface area contributed by atoms with E-state index in [1.54, 1.807) is 0 Å². The van der Waals surface area contributed by atoms with Gasteiger partial charge in [-0.15, -0.1) is 0 Å². The molecule has 0 aromatic heterocycles. The normalized spacial score (nSPS) is 22.8. The molecule has 1 heterocycles. The molecule has 2 unspecified atom stereocenters. The highest BCUT2D eigenvalue weighted by Gasteiger charge is 2.29. The van der Waals surface area contributed by atoms with Crippen molar-refractivity contribution in [1.29, 1.82) is 0 Å². The lowest BCUT2D eigenvalue weighted by molar-refractivity contribution is -0.134. The van der Waals surface area contributed by atoms with Crippen molar-refractivity contribution in [3.05, 3.63) is 0 Å². The smallest absolute Gasteiger partial charge is 0.239 e. The maximum Gasteiger partial charge on any atom is 0.239 e. The first kappa shape index (κ1) is 18.5. The van der Waals surface area contributed by atoms with E-state index in [9.17, 15) is 4.79 Å². The van der Waals surface area contributed by atoms with Gasteiger partial charge in [-0.05, 0) is 50.0 Å². The van der Waals surface area contributed by atoms with Crippen LogP contribution in [0.25, 0.3) is 0 Å². The van der Waals surface area contributed by atoms with Crippen LogP contribution in [0.2, 0.25) is 0 Å². The average molecular weight is 296 g/mol. The number of nitrogens with zero attached hydrogens (tertiary/aromatic N) is 1. The molecule has 0 spiro atoms. The number of nitrogens with one attached hydrogen (secondary N) is 1. The summed E-state index contributed by atoms with van der Waals surface area (Å²) in [5.74, 6) is 2.37. The quantitative estimate of drug-likeness (QED) is 0.741. The van der Waals surface area contributed by atoms with Crippen molar-refractivity contribution in [2.45, 2.75) is 72.8 Å². The summed E-state index contributed by atoms with van der Waals surface area (Å²) < 4.78 is 0. The maximum absolute atomic E-state index is 12.8. The molecule has 1 rings (SSSR count). The van der Waals surface area contributed by atoms with E-state index in [1.165, 1.54) is 12.8 Å². The first-order chi connectivity index (χ1) is 9.93. The summed E-state index contributed by atoms with van der Waals surface area (Å²) in [5.41, 5.74) is 0. The Bertz CT molecular complexity index is 290. The van der Waals surface area contributed by atoms with Crippen LogP contribution in [0.4, 0.5) is 0 Å². The van der Waals surface area contributed by atoms with Gasteiger partial charge in [-0.3, -0.25) is 4.79 Å². The summed E-state index contributed by atoms with van der Waals surface area (Å²) in [6, 6.07) is 0.0584. The topological polar surface area (TPSA) is 32.3 Å². The van der Waals surface area contributed by atoms with E-state index in [2.05, 4.69) is 44.8 Å². The summed E-state index contributed by atoms with van der Waals surface area (Å²) in [6.07, 6.45) is 5.65. The van der Waals surface area contributed by atoms with Crippen molar-refractivity contribution in [3.63, 3.8) is 0 Å². The molecule has 0 aliphatic carbocycles. The van der Waals surface area contributed by atoms with E-state index in [-0.39, 0.29) is 6.04 Å². The van der Waals surface area contributed by atoms with Crippen LogP contribution in [-0.4, -0.2) is 36.5 Å². The molecule has 3 heteroatoms. The second-order valence-corrected chi connectivity index (χ2v) is 7.50. The second-order valence-electron chi connectivity index (χ2n) is 7.50. The Morgan fingerprint density at radius 2 is 1.71 bits per heavy atom. The number of amides is 1. The van der Waals surface area contributed by atoms with Crippen molar-refractivity contribution < 1.29 is 4.79 Å². The van der Waals surface area contributed by atoms with Crippen LogP contribution < -0.4 is 5.32 Å². The van der Waals surface area contributed by atoms with E-state index < -0.39 is 0 Å². The molecule has 0 aromatic carbocycles. The Kier molecular flexibility index (Phi) is 8.31. The minimum absolute atomic E-state index is 0.0584. The predicted octanol–water partition coefficient (Wildman–Crippen LogP) is 3.69. The zero-order valence-corrected chi connectivity index (χ0v) is 14.8.